The van der Waals surface area contributed by atoms with Gasteiger partial charge in [-0.05, 0) is 11.8 Å². The van der Waals surface area contributed by atoms with E-state index in [9.17, 15) is 19.7 Å². The Balaban J connectivity index is 2.46. The molecule has 1 aromatic rings. The third-order valence-electron chi connectivity index (χ3n) is 2.36. The molecule has 19 heavy (non-hydrogen) atoms. The Morgan fingerprint density at radius 1 is 1.58 bits per heavy atom. The van der Waals surface area contributed by atoms with Crippen LogP contribution in [0.3, 0.4) is 0 Å². The molecule has 0 atom stereocenters. The van der Waals surface area contributed by atoms with E-state index in [1.165, 1.54) is 17.9 Å². The summed E-state index contributed by atoms with van der Waals surface area (Å²) in [6.07, 6.45) is 0.0661. The highest BCUT2D eigenvalue weighted by molar-refractivity contribution is 5.81. The predicted octanol–water partition coefficient (Wildman–Crippen LogP) is -0.221. The lowest BCUT2D eigenvalue weighted by Crippen LogP contribution is -2.30. The molecule has 1 heterocycles. The molecule has 0 aliphatic heterocycles. The van der Waals surface area contributed by atoms with Gasteiger partial charge in [-0.3, -0.25) is 9.59 Å². The van der Waals surface area contributed by atoms with Crippen LogP contribution in [0, 0.1) is 17.0 Å². The van der Waals surface area contributed by atoms with E-state index in [-0.39, 0.29) is 31.2 Å². The van der Waals surface area contributed by atoms with Gasteiger partial charge in [0.1, 0.15) is 6.54 Å². The molecule has 9 nitrogen and oxygen atoms in total. The molecule has 9 heteroatoms. The van der Waals surface area contributed by atoms with Crippen molar-refractivity contribution in [3.05, 3.63) is 21.9 Å². The highest BCUT2D eigenvalue weighted by atomic mass is 16.6. The standard InChI is InChI=1S/C10H14N4O5/c1-7-5-8(14(17)18)12-13(7)4-3-9(15)11-6-10(16)19-2/h5H,3-4,6H2,1-2H3,(H,11,15). The zero-order chi connectivity index (χ0) is 14.4. The van der Waals surface area contributed by atoms with Gasteiger partial charge in [-0.15, -0.1) is 0 Å². The number of rotatable bonds is 6. The summed E-state index contributed by atoms with van der Waals surface area (Å²) in [4.78, 5) is 32.1. The molecule has 0 saturated heterocycles. The van der Waals surface area contributed by atoms with Crippen LogP contribution < -0.4 is 5.32 Å². The number of aromatic nitrogens is 2. The summed E-state index contributed by atoms with van der Waals surface area (Å²) in [7, 11) is 1.22. The van der Waals surface area contributed by atoms with Crippen molar-refractivity contribution in [2.75, 3.05) is 13.7 Å². The van der Waals surface area contributed by atoms with Crippen molar-refractivity contribution < 1.29 is 19.2 Å². The fraction of sp³-hybridized carbons (Fsp3) is 0.500. The van der Waals surface area contributed by atoms with Crippen LogP contribution in [0.25, 0.3) is 0 Å². The van der Waals surface area contributed by atoms with Gasteiger partial charge in [-0.1, -0.05) is 0 Å². The van der Waals surface area contributed by atoms with E-state index in [1.807, 2.05) is 0 Å². The van der Waals surface area contributed by atoms with Crippen molar-refractivity contribution in [3.63, 3.8) is 0 Å². The number of aryl methyl sites for hydroxylation is 2. The number of ether oxygens (including phenoxy) is 1. The molecule has 0 radical (unpaired) electrons. The van der Waals surface area contributed by atoms with Gasteiger partial charge in [-0.2, -0.15) is 4.68 Å². The second kappa shape index (κ2) is 6.47. The van der Waals surface area contributed by atoms with Crippen LogP contribution >= 0.6 is 0 Å². The molecule has 0 aliphatic rings. The minimum Gasteiger partial charge on any atom is -0.468 e. The number of carbonyl (C=O) groups is 2. The maximum Gasteiger partial charge on any atom is 0.390 e. The number of hydrogen-bond donors (Lipinski definition) is 1. The van der Waals surface area contributed by atoms with E-state index in [1.54, 1.807) is 6.92 Å². The molecule has 1 amide bonds. The lowest BCUT2D eigenvalue weighted by Gasteiger charge is -2.03. The van der Waals surface area contributed by atoms with Gasteiger partial charge in [0.05, 0.1) is 30.5 Å². The zero-order valence-corrected chi connectivity index (χ0v) is 10.6. The third-order valence-corrected chi connectivity index (χ3v) is 2.36. The van der Waals surface area contributed by atoms with Gasteiger partial charge in [-0.25, -0.2) is 0 Å². The second-order valence-electron chi connectivity index (χ2n) is 3.73. The van der Waals surface area contributed by atoms with Crippen molar-refractivity contribution in [1.29, 1.82) is 0 Å². The number of esters is 1. The summed E-state index contributed by atoms with van der Waals surface area (Å²) < 4.78 is 5.74. The summed E-state index contributed by atoms with van der Waals surface area (Å²) in [5, 5.41) is 16.6. The fourth-order valence-electron chi connectivity index (χ4n) is 1.35. The van der Waals surface area contributed by atoms with Crippen molar-refractivity contribution in [2.24, 2.45) is 0 Å². The molecular weight excluding hydrogens is 256 g/mol. The van der Waals surface area contributed by atoms with Gasteiger partial charge in [0.15, 0.2) is 0 Å². The highest BCUT2D eigenvalue weighted by Gasteiger charge is 2.16. The van der Waals surface area contributed by atoms with Crippen molar-refractivity contribution in [2.45, 2.75) is 19.9 Å². The number of nitrogens with one attached hydrogen (secondary N) is 1. The Hall–Kier alpha value is -2.45. The number of methoxy groups -OCH3 is 1. The van der Waals surface area contributed by atoms with Crippen LogP contribution in [0.2, 0.25) is 0 Å². The Labute approximate surface area is 108 Å². The van der Waals surface area contributed by atoms with E-state index >= 15 is 0 Å². The number of hydrogen-bond acceptors (Lipinski definition) is 6. The summed E-state index contributed by atoms with van der Waals surface area (Å²) in [6.45, 7) is 1.66. The summed E-state index contributed by atoms with van der Waals surface area (Å²) in [6, 6.07) is 1.33. The predicted molar refractivity (Wildman–Crippen MR) is 63.3 cm³/mol. The molecule has 0 bridgehead atoms. The van der Waals surface area contributed by atoms with E-state index in [0.717, 1.165) is 0 Å². The number of carbonyl (C=O) groups excluding carboxylic acids is 2. The van der Waals surface area contributed by atoms with Crippen molar-refractivity contribution >= 4 is 17.7 Å². The fourth-order valence-corrected chi connectivity index (χ4v) is 1.35. The van der Waals surface area contributed by atoms with E-state index < -0.39 is 10.9 Å². The van der Waals surface area contributed by atoms with Crippen LogP contribution in [0.4, 0.5) is 5.82 Å². The molecule has 104 valence electrons. The molecule has 1 rings (SSSR count). The zero-order valence-electron chi connectivity index (χ0n) is 10.6. The second-order valence-corrected chi connectivity index (χ2v) is 3.73. The summed E-state index contributed by atoms with van der Waals surface area (Å²) >= 11 is 0. The largest absolute Gasteiger partial charge is 0.468 e. The molecule has 1 aromatic heterocycles. The van der Waals surface area contributed by atoms with Crippen LogP contribution in [0.1, 0.15) is 12.1 Å². The number of nitro groups is 1. The Morgan fingerprint density at radius 2 is 2.26 bits per heavy atom. The minimum atomic E-state index is -0.596. The van der Waals surface area contributed by atoms with Crippen LogP contribution in [0.5, 0.6) is 0 Å². The first-order chi connectivity index (χ1) is 8.93. The van der Waals surface area contributed by atoms with Gasteiger partial charge >= 0.3 is 11.8 Å². The first-order valence-corrected chi connectivity index (χ1v) is 5.46. The molecule has 0 aromatic carbocycles. The van der Waals surface area contributed by atoms with E-state index in [4.69, 9.17) is 0 Å². The lowest BCUT2D eigenvalue weighted by molar-refractivity contribution is -0.389. The highest BCUT2D eigenvalue weighted by Crippen LogP contribution is 2.11. The monoisotopic (exact) mass is 270 g/mol. The van der Waals surface area contributed by atoms with Crippen LogP contribution in [0.15, 0.2) is 6.07 Å². The summed E-state index contributed by atoms with van der Waals surface area (Å²) in [5.41, 5.74) is 0.590. The molecule has 0 fully saturated rings. The molecule has 0 saturated carbocycles. The lowest BCUT2D eigenvalue weighted by atomic mass is 10.4. The van der Waals surface area contributed by atoms with Crippen LogP contribution in [-0.4, -0.2) is 40.2 Å². The third kappa shape index (κ3) is 4.37. The molecular formula is C10H14N4O5. The molecule has 1 N–H and O–H groups in total. The average molecular weight is 270 g/mol. The molecule has 0 spiro atoms. The smallest absolute Gasteiger partial charge is 0.390 e. The van der Waals surface area contributed by atoms with Gasteiger partial charge in [0.2, 0.25) is 5.91 Å². The van der Waals surface area contributed by atoms with Gasteiger partial charge in [0, 0.05) is 6.42 Å². The maximum atomic E-state index is 11.4. The molecule has 0 unspecified atom stereocenters. The Bertz CT molecular complexity index is 496. The van der Waals surface area contributed by atoms with Crippen molar-refractivity contribution in [1.82, 2.24) is 15.1 Å². The van der Waals surface area contributed by atoms with Gasteiger partial charge in [0.25, 0.3) is 0 Å². The average Bonchev–Trinajstić information content (AvgIpc) is 2.75. The van der Waals surface area contributed by atoms with E-state index in [0.29, 0.717) is 5.69 Å². The Kier molecular flexibility index (Phi) is 4.98. The quantitative estimate of drug-likeness (QED) is 0.434. The first kappa shape index (κ1) is 14.6. The maximum absolute atomic E-state index is 11.4. The SMILES string of the molecule is COC(=O)CNC(=O)CCn1nc([N+](=O)[O-])cc1C. The first-order valence-electron chi connectivity index (χ1n) is 5.46. The normalized spacial score (nSPS) is 10.0. The Morgan fingerprint density at radius 3 is 2.79 bits per heavy atom. The minimum absolute atomic E-state index is 0.0661. The molecule has 0 aliphatic carbocycles. The van der Waals surface area contributed by atoms with E-state index in [2.05, 4.69) is 15.2 Å². The number of nitrogens with zero attached hydrogens (tertiary/aromatic N) is 3. The van der Waals surface area contributed by atoms with Crippen LogP contribution in [-0.2, 0) is 20.9 Å². The topological polar surface area (TPSA) is 116 Å². The number of amides is 1. The van der Waals surface area contributed by atoms with Crippen molar-refractivity contribution in [3.8, 4) is 0 Å². The summed E-state index contributed by atoms with van der Waals surface area (Å²) in [5.74, 6) is -1.16. The van der Waals surface area contributed by atoms with Gasteiger partial charge < -0.3 is 20.2 Å².